The van der Waals surface area contributed by atoms with E-state index in [9.17, 15) is 4.79 Å². The molecule has 114 valence electrons. The summed E-state index contributed by atoms with van der Waals surface area (Å²) < 4.78 is 5.08. The molecule has 0 radical (unpaired) electrons. The first-order chi connectivity index (χ1) is 10.1. The van der Waals surface area contributed by atoms with Crippen LogP contribution in [0.25, 0.3) is 0 Å². The molecule has 0 unspecified atom stereocenters. The predicted octanol–water partition coefficient (Wildman–Crippen LogP) is 0.199. The number of rotatable bonds is 4. The molecule has 1 aliphatic rings. The average Bonchev–Trinajstić information content (AvgIpc) is 2.55. The lowest BCUT2D eigenvalue weighted by Crippen LogP contribution is -2.50. The molecule has 1 aromatic carbocycles. The zero-order valence-electron chi connectivity index (χ0n) is 12.0. The number of ether oxygens (including phenoxy) is 1. The molecule has 21 heavy (non-hydrogen) atoms. The van der Waals surface area contributed by atoms with E-state index >= 15 is 0 Å². The van der Waals surface area contributed by atoms with Crippen molar-refractivity contribution in [1.29, 1.82) is 0 Å². The van der Waals surface area contributed by atoms with E-state index in [4.69, 9.17) is 15.7 Å². The van der Waals surface area contributed by atoms with E-state index in [-0.39, 0.29) is 11.7 Å². The van der Waals surface area contributed by atoms with E-state index < -0.39 is 0 Å². The summed E-state index contributed by atoms with van der Waals surface area (Å²) in [5.41, 5.74) is 6.14. The molecule has 0 saturated carbocycles. The zero-order valence-corrected chi connectivity index (χ0v) is 12.0. The molecule has 0 bridgehead atoms. The number of oxime groups is 1. The number of hydrogen-bond acceptors (Lipinski definition) is 5. The highest BCUT2D eigenvalue weighted by atomic mass is 16.5. The van der Waals surface area contributed by atoms with Crippen molar-refractivity contribution in [1.82, 2.24) is 9.80 Å². The van der Waals surface area contributed by atoms with Gasteiger partial charge in [-0.3, -0.25) is 9.69 Å². The summed E-state index contributed by atoms with van der Waals surface area (Å²) in [4.78, 5) is 16.2. The molecule has 1 saturated heterocycles. The van der Waals surface area contributed by atoms with E-state index in [0.717, 1.165) is 5.75 Å². The molecule has 2 rings (SSSR count). The van der Waals surface area contributed by atoms with Gasteiger partial charge in [-0.2, -0.15) is 0 Å². The van der Waals surface area contributed by atoms with E-state index in [2.05, 4.69) is 5.16 Å². The maximum absolute atomic E-state index is 12.4. The Balaban J connectivity index is 1.90. The first-order valence-corrected chi connectivity index (χ1v) is 6.76. The monoisotopic (exact) mass is 292 g/mol. The van der Waals surface area contributed by atoms with Crippen molar-refractivity contribution in [3.05, 3.63) is 29.8 Å². The summed E-state index contributed by atoms with van der Waals surface area (Å²) in [7, 11) is 1.59. The average molecular weight is 292 g/mol. The number of piperazine rings is 1. The molecule has 1 amide bonds. The second kappa shape index (κ2) is 6.94. The smallest absolute Gasteiger partial charge is 0.253 e. The van der Waals surface area contributed by atoms with Crippen molar-refractivity contribution in [2.45, 2.75) is 0 Å². The Morgan fingerprint density at radius 2 is 1.90 bits per heavy atom. The number of methoxy groups -OCH3 is 1. The van der Waals surface area contributed by atoms with Crippen LogP contribution in [-0.2, 0) is 0 Å². The van der Waals surface area contributed by atoms with Crippen LogP contribution in [0.3, 0.4) is 0 Å². The Kier molecular flexibility index (Phi) is 4.99. The van der Waals surface area contributed by atoms with Gasteiger partial charge in [-0.05, 0) is 24.3 Å². The maximum atomic E-state index is 12.4. The molecule has 7 heteroatoms. The summed E-state index contributed by atoms with van der Waals surface area (Å²) in [5.74, 6) is 0.932. The van der Waals surface area contributed by atoms with Gasteiger partial charge in [-0.15, -0.1) is 0 Å². The van der Waals surface area contributed by atoms with Crippen LogP contribution >= 0.6 is 0 Å². The second-order valence-electron chi connectivity index (χ2n) is 4.89. The molecule has 0 aliphatic carbocycles. The van der Waals surface area contributed by atoms with Crippen LogP contribution in [0.4, 0.5) is 0 Å². The number of nitrogens with two attached hydrogens (primary N) is 1. The van der Waals surface area contributed by atoms with Crippen molar-refractivity contribution in [2.75, 3.05) is 39.8 Å². The molecule has 1 aliphatic heterocycles. The van der Waals surface area contributed by atoms with Crippen LogP contribution in [0, 0.1) is 0 Å². The van der Waals surface area contributed by atoms with Crippen LogP contribution < -0.4 is 10.5 Å². The van der Waals surface area contributed by atoms with Gasteiger partial charge in [-0.25, -0.2) is 0 Å². The predicted molar refractivity (Wildman–Crippen MR) is 78.7 cm³/mol. The van der Waals surface area contributed by atoms with E-state index in [0.29, 0.717) is 38.3 Å². The van der Waals surface area contributed by atoms with Crippen LogP contribution in [0.1, 0.15) is 10.4 Å². The minimum Gasteiger partial charge on any atom is -0.497 e. The van der Waals surface area contributed by atoms with Crippen LogP contribution in [0.15, 0.2) is 29.4 Å². The van der Waals surface area contributed by atoms with Crippen molar-refractivity contribution in [2.24, 2.45) is 10.9 Å². The van der Waals surface area contributed by atoms with Gasteiger partial charge in [-0.1, -0.05) is 5.16 Å². The third kappa shape index (κ3) is 3.85. The van der Waals surface area contributed by atoms with Crippen LogP contribution in [0.2, 0.25) is 0 Å². The summed E-state index contributed by atoms with van der Waals surface area (Å²) in [6, 6.07) is 7.09. The van der Waals surface area contributed by atoms with Gasteiger partial charge in [0.15, 0.2) is 5.84 Å². The number of amides is 1. The highest BCUT2D eigenvalue weighted by Crippen LogP contribution is 2.14. The number of hydrogen-bond donors (Lipinski definition) is 2. The fraction of sp³-hybridized carbons (Fsp3) is 0.429. The van der Waals surface area contributed by atoms with E-state index in [1.165, 1.54) is 0 Å². The number of carbonyl (C=O) groups is 1. The van der Waals surface area contributed by atoms with Crippen LogP contribution in [0.5, 0.6) is 5.75 Å². The standard InChI is InChI=1S/C14H20N4O3/c1-21-12-4-2-11(3-5-12)14(19)18-8-6-17(7-9-18)10-13(15)16-20/h2-5,20H,6-10H2,1H3,(H2,15,16). The third-order valence-electron chi connectivity index (χ3n) is 3.51. The SMILES string of the molecule is COc1ccc(C(=O)N2CCN(CC(N)=NO)CC2)cc1. The minimum atomic E-state index is 0.0149. The molecular formula is C14H20N4O3. The Bertz CT molecular complexity index is 507. The lowest BCUT2D eigenvalue weighted by Gasteiger charge is -2.34. The number of carbonyl (C=O) groups excluding carboxylic acids is 1. The van der Waals surface area contributed by atoms with Gasteiger partial charge in [0.1, 0.15) is 5.75 Å². The molecule has 1 aromatic rings. The van der Waals surface area contributed by atoms with E-state index in [1.54, 1.807) is 31.4 Å². The van der Waals surface area contributed by atoms with Crippen molar-refractivity contribution in [3.63, 3.8) is 0 Å². The van der Waals surface area contributed by atoms with Gasteiger partial charge in [0.25, 0.3) is 5.91 Å². The Morgan fingerprint density at radius 3 is 2.43 bits per heavy atom. The first-order valence-electron chi connectivity index (χ1n) is 6.76. The molecule has 7 nitrogen and oxygen atoms in total. The first kappa shape index (κ1) is 15.1. The topological polar surface area (TPSA) is 91.4 Å². The molecule has 0 atom stereocenters. The lowest BCUT2D eigenvalue weighted by atomic mass is 10.1. The highest BCUT2D eigenvalue weighted by molar-refractivity contribution is 5.94. The minimum absolute atomic E-state index is 0.0149. The van der Waals surface area contributed by atoms with Crippen molar-refractivity contribution >= 4 is 11.7 Å². The quantitative estimate of drug-likeness (QED) is 0.358. The van der Waals surface area contributed by atoms with E-state index in [1.807, 2.05) is 9.80 Å². The summed E-state index contributed by atoms with van der Waals surface area (Å²) >= 11 is 0. The fourth-order valence-electron chi connectivity index (χ4n) is 2.29. The molecule has 0 aromatic heterocycles. The summed E-state index contributed by atoms with van der Waals surface area (Å²) in [6.45, 7) is 3.09. The molecule has 1 fully saturated rings. The summed E-state index contributed by atoms with van der Waals surface area (Å²) in [5, 5.41) is 11.5. The normalized spacial score (nSPS) is 16.8. The Labute approximate surface area is 123 Å². The fourth-order valence-corrected chi connectivity index (χ4v) is 2.29. The molecule has 0 spiro atoms. The van der Waals surface area contributed by atoms with Gasteiger partial charge in [0.2, 0.25) is 0 Å². The largest absolute Gasteiger partial charge is 0.497 e. The third-order valence-corrected chi connectivity index (χ3v) is 3.51. The molecule has 3 N–H and O–H groups in total. The molecular weight excluding hydrogens is 272 g/mol. The van der Waals surface area contributed by atoms with Crippen LogP contribution in [-0.4, -0.2) is 66.6 Å². The Hall–Kier alpha value is -2.28. The number of benzene rings is 1. The highest BCUT2D eigenvalue weighted by Gasteiger charge is 2.22. The van der Waals surface area contributed by atoms with Crippen molar-refractivity contribution in [3.8, 4) is 5.75 Å². The summed E-state index contributed by atoms with van der Waals surface area (Å²) in [6.07, 6.45) is 0. The number of amidine groups is 1. The van der Waals surface area contributed by atoms with Gasteiger partial charge in [0.05, 0.1) is 13.7 Å². The second-order valence-corrected chi connectivity index (χ2v) is 4.89. The lowest BCUT2D eigenvalue weighted by molar-refractivity contribution is 0.0653. The van der Waals surface area contributed by atoms with Crippen molar-refractivity contribution < 1.29 is 14.7 Å². The van der Waals surface area contributed by atoms with Gasteiger partial charge in [0, 0.05) is 31.7 Å². The number of nitrogens with zero attached hydrogens (tertiary/aromatic N) is 3. The maximum Gasteiger partial charge on any atom is 0.253 e. The molecule has 1 heterocycles. The Morgan fingerprint density at radius 1 is 1.29 bits per heavy atom. The van der Waals surface area contributed by atoms with Gasteiger partial charge < -0.3 is 20.6 Å². The zero-order chi connectivity index (χ0) is 15.2. The van der Waals surface area contributed by atoms with Gasteiger partial charge >= 0.3 is 0 Å².